The SMILES string of the molecule is CCCN(CC#N)C(CC)C(N)=O. The summed E-state index contributed by atoms with van der Waals surface area (Å²) in [4.78, 5) is 12.8. The van der Waals surface area contributed by atoms with Crippen molar-refractivity contribution < 1.29 is 4.79 Å². The molecular formula is C9H17N3O. The molecule has 1 unspecified atom stereocenters. The summed E-state index contributed by atoms with van der Waals surface area (Å²) in [6.45, 7) is 4.93. The topological polar surface area (TPSA) is 70.1 Å². The number of rotatable bonds is 6. The van der Waals surface area contributed by atoms with Crippen LogP contribution in [0.15, 0.2) is 0 Å². The fraction of sp³-hybridized carbons (Fsp3) is 0.778. The van der Waals surface area contributed by atoms with Gasteiger partial charge in [0, 0.05) is 0 Å². The molecule has 0 bridgehead atoms. The minimum atomic E-state index is -0.341. The minimum absolute atomic E-state index is 0.273. The third-order valence-electron chi connectivity index (χ3n) is 1.94. The van der Waals surface area contributed by atoms with Crippen molar-refractivity contribution in [2.75, 3.05) is 13.1 Å². The predicted octanol–water partition coefficient (Wildman–Crippen LogP) is 0.486. The van der Waals surface area contributed by atoms with Crippen molar-refractivity contribution in [3.63, 3.8) is 0 Å². The Morgan fingerprint density at radius 1 is 1.62 bits per heavy atom. The van der Waals surface area contributed by atoms with Crippen LogP contribution in [0.25, 0.3) is 0 Å². The Bertz CT molecular complexity index is 198. The summed E-state index contributed by atoms with van der Waals surface area (Å²) in [5, 5.41) is 8.55. The number of hydrogen-bond donors (Lipinski definition) is 1. The van der Waals surface area contributed by atoms with Crippen molar-refractivity contribution >= 4 is 5.91 Å². The first-order valence-corrected chi connectivity index (χ1v) is 4.57. The zero-order valence-electron chi connectivity index (χ0n) is 8.29. The summed E-state index contributed by atoms with van der Waals surface area (Å²) < 4.78 is 0. The van der Waals surface area contributed by atoms with Crippen molar-refractivity contribution in [3.8, 4) is 6.07 Å². The molecule has 1 atom stereocenters. The van der Waals surface area contributed by atoms with E-state index in [-0.39, 0.29) is 18.5 Å². The molecule has 0 heterocycles. The zero-order valence-corrected chi connectivity index (χ0v) is 8.29. The van der Waals surface area contributed by atoms with E-state index in [4.69, 9.17) is 11.0 Å². The molecule has 0 radical (unpaired) electrons. The van der Waals surface area contributed by atoms with Crippen LogP contribution in [0.4, 0.5) is 0 Å². The van der Waals surface area contributed by atoms with Gasteiger partial charge in [0.2, 0.25) is 5.91 Å². The Labute approximate surface area is 79.3 Å². The molecule has 0 aliphatic rings. The van der Waals surface area contributed by atoms with Gasteiger partial charge >= 0.3 is 0 Å². The summed E-state index contributed by atoms with van der Waals surface area (Å²) >= 11 is 0. The molecule has 2 N–H and O–H groups in total. The van der Waals surface area contributed by atoms with Crippen molar-refractivity contribution in [3.05, 3.63) is 0 Å². The Balaban J connectivity index is 4.30. The lowest BCUT2D eigenvalue weighted by Gasteiger charge is -2.25. The molecule has 74 valence electrons. The molecule has 0 rings (SSSR count). The van der Waals surface area contributed by atoms with Gasteiger partial charge in [-0.05, 0) is 19.4 Å². The smallest absolute Gasteiger partial charge is 0.234 e. The molecule has 13 heavy (non-hydrogen) atoms. The standard InChI is InChI=1S/C9H17N3O/c1-3-6-12(7-5-10)8(4-2)9(11)13/h8H,3-4,6-7H2,1-2H3,(H2,11,13). The maximum absolute atomic E-state index is 11.0. The molecule has 0 saturated heterocycles. The molecule has 0 fully saturated rings. The molecule has 0 spiro atoms. The second-order valence-corrected chi connectivity index (χ2v) is 2.96. The van der Waals surface area contributed by atoms with Crippen LogP contribution < -0.4 is 5.73 Å². The highest BCUT2D eigenvalue weighted by molar-refractivity contribution is 5.79. The number of primary amides is 1. The summed E-state index contributed by atoms with van der Waals surface area (Å²) in [7, 11) is 0. The maximum Gasteiger partial charge on any atom is 0.234 e. The first kappa shape index (κ1) is 11.9. The lowest BCUT2D eigenvalue weighted by molar-refractivity contribution is -0.123. The third-order valence-corrected chi connectivity index (χ3v) is 1.94. The van der Waals surface area contributed by atoms with E-state index in [2.05, 4.69) is 0 Å². The number of hydrogen-bond acceptors (Lipinski definition) is 3. The van der Waals surface area contributed by atoms with Gasteiger partial charge in [-0.15, -0.1) is 0 Å². The van der Waals surface area contributed by atoms with E-state index in [9.17, 15) is 4.79 Å². The van der Waals surface area contributed by atoms with Crippen LogP contribution in [-0.4, -0.2) is 29.9 Å². The van der Waals surface area contributed by atoms with Gasteiger partial charge in [-0.1, -0.05) is 13.8 Å². The number of nitrogens with zero attached hydrogens (tertiary/aromatic N) is 2. The van der Waals surface area contributed by atoms with Crippen LogP contribution in [0.5, 0.6) is 0 Å². The molecule has 0 saturated carbocycles. The van der Waals surface area contributed by atoms with Gasteiger partial charge < -0.3 is 5.73 Å². The fourth-order valence-electron chi connectivity index (χ4n) is 1.36. The summed E-state index contributed by atoms with van der Waals surface area (Å²) in [6.07, 6.45) is 1.59. The summed E-state index contributed by atoms with van der Waals surface area (Å²) in [6, 6.07) is 1.75. The Hall–Kier alpha value is -1.08. The van der Waals surface area contributed by atoms with Gasteiger partial charge in [0.15, 0.2) is 0 Å². The van der Waals surface area contributed by atoms with Gasteiger partial charge in [0.25, 0.3) is 0 Å². The monoisotopic (exact) mass is 183 g/mol. The molecule has 0 aliphatic carbocycles. The minimum Gasteiger partial charge on any atom is -0.368 e. The van der Waals surface area contributed by atoms with Crippen LogP contribution in [0.2, 0.25) is 0 Å². The Morgan fingerprint density at radius 3 is 2.54 bits per heavy atom. The average molecular weight is 183 g/mol. The van der Waals surface area contributed by atoms with E-state index in [0.29, 0.717) is 6.42 Å². The highest BCUT2D eigenvalue weighted by Gasteiger charge is 2.20. The van der Waals surface area contributed by atoms with E-state index in [1.165, 1.54) is 0 Å². The molecule has 1 amide bonds. The molecule has 4 nitrogen and oxygen atoms in total. The zero-order chi connectivity index (χ0) is 10.3. The largest absolute Gasteiger partial charge is 0.368 e. The fourth-order valence-corrected chi connectivity index (χ4v) is 1.36. The van der Waals surface area contributed by atoms with Crippen molar-refractivity contribution in [1.82, 2.24) is 4.90 Å². The lowest BCUT2D eigenvalue weighted by Crippen LogP contribution is -2.44. The van der Waals surface area contributed by atoms with Gasteiger partial charge in [0.05, 0.1) is 18.7 Å². The van der Waals surface area contributed by atoms with Crippen LogP contribution in [-0.2, 0) is 4.79 Å². The normalized spacial score (nSPS) is 12.5. The highest BCUT2D eigenvalue weighted by atomic mass is 16.1. The average Bonchev–Trinajstić information content (AvgIpc) is 2.05. The van der Waals surface area contributed by atoms with Gasteiger partial charge in [-0.25, -0.2) is 0 Å². The van der Waals surface area contributed by atoms with E-state index >= 15 is 0 Å². The Morgan fingerprint density at radius 2 is 2.23 bits per heavy atom. The third kappa shape index (κ3) is 3.90. The summed E-state index contributed by atoms with van der Waals surface area (Å²) in [5.41, 5.74) is 5.22. The lowest BCUT2D eigenvalue weighted by atomic mass is 10.1. The quantitative estimate of drug-likeness (QED) is 0.609. The number of carbonyl (C=O) groups is 1. The molecule has 0 aromatic rings. The van der Waals surface area contributed by atoms with Gasteiger partial charge in [-0.3, -0.25) is 9.69 Å². The van der Waals surface area contributed by atoms with Crippen molar-refractivity contribution in [2.45, 2.75) is 32.7 Å². The van der Waals surface area contributed by atoms with Crippen molar-refractivity contribution in [1.29, 1.82) is 5.26 Å². The van der Waals surface area contributed by atoms with E-state index in [1.807, 2.05) is 24.8 Å². The number of nitrogens with two attached hydrogens (primary N) is 1. The predicted molar refractivity (Wildman–Crippen MR) is 50.8 cm³/mol. The first-order valence-electron chi connectivity index (χ1n) is 4.57. The number of amides is 1. The molecule has 4 heteroatoms. The second kappa shape index (κ2) is 6.44. The molecular weight excluding hydrogens is 166 g/mol. The summed E-state index contributed by atoms with van der Waals surface area (Å²) in [5.74, 6) is -0.341. The van der Waals surface area contributed by atoms with Gasteiger partial charge in [0.1, 0.15) is 0 Å². The van der Waals surface area contributed by atoms with Crippen LogP contribution in [0.1, 0.15) is 26.7 Å². The van der Waals surface area contributed by atoms with Gasteiger partial charge in [-0.2, -0.15) is 5.26 Å². The van der Waals surface area contributed by atoms with E-state index < -0.39 is 0 Å². The molecule has 0 aliphatic heterocycles. The number of carbonyl (C=O) groups excluding carboxylic acids is 1. The van der Waals surface area contributed by atoms with Crippen LogP contribution in [0.3, 0.4) is 0 Å². The second-order valence-electron chi connectivity index (χ2n) is 2.96. The molecule has 0 aromatic carbocycles. The highest BCUT2D eigenvalue weighted by Crippen LogP contribution is 2.03. The first-order chi connectivity index (χ1) is 6.17. The molecule has 0 aromatic heterocycles. The maximum atomic E-state index is 11.0. The van der Waals surface area contributed by atoms with Crippen LogP contribution in [0, 0.1) is 11.3 Å². The van der Waals surface area contributed by atoms with E-state index in [1.54, 1.807) is 0 Å². The number of nitriles is 1. The van der Waals surface area contributed by atoms with Crippen molar-refractivity contribution in [2.24, 2.45) is 5.73 Å². The van der Waals surface area contributed by atoms with E-state index in [0.717, 1.165) is 13.0 Å². The van der Waals surface area contributed by atoms with Crippen LogP contribution >= 0.6 is 0 Å². The Kier molecular flexibility index (Phi) is 5.90.